The molecule has 0 amide bonds. The zero-order chi connectivity index (χ0) is 15.1. The van der Waals surface area contributed by atoms with Crippen LogP contribution in [0, 0.1) is 5.41 Å². The minimum absolute atomic E-state index is 0.647. The maximum Gasteiger partial charge on any atom is -0.0326 e. The Morgan fingerprint density at radius 1 is 0.450 bits per heavy atom. The Morgan fingerprint density at radius 3 is 1.25 bits per heavy atom. The summed E-state index contributed by atoms with van der Waals surface area (Å²) in [5, 5.41) is 0. The van der Waals surface area contributed by atoms with E-state index in [2.05, 4.69) is 27.7 Å². The quantitative estimate of drug-likeness (QED) is 0.268. The van der Waals surface area contributed by atoms with Gasteiger partial charge in [-0.05, 0) is 24.7 Å². The SMILES string of the molecule is CCCCCCCCCCC(C)(CCCC)CCCC. The van der Waals surface area contributed by atoms with Gasteiger partial charge in [-0.25, -0.2) is 0 Å². The first kappa shape index (κ1) is 20.0. The van der Waals surface area contributed by atoms with Crippen molar-refractivity contribution in [2.75, 3.05) is 0 Å². The molecule has 0 aromatic heterocycles. The molecule has 0 heterocycles. The van der Waals surface area contributed by atoms with Crippen molar-refractivity contribution in [2.45, 2.75) is 124 Å². The van der Waals surface area contributed by atoms with Crippen molar-refractivity contribution < 1.29 is 0 Å². The molecule has 0 aromatic carbocycles. The van der Waals surface area contributed by atoms with Crippen LogP contribution < -0.4 is 0 Å². The summed E-state index contributed by atoms with van der Waals surface area (Å²) in [6, 6.07) is 0. The molecule has 0 saturated carbocycles. The first-order valence-corrected chi connectivity index (χ1v) is 9.68. The number of unbranched alkanes of at least 4 members (excludes halogenated alkanes) is 9. The Hall–Kier alpha value is 0. The van der Waals surface area contributed by atoms with E-state index < -0.39 is 0 Å². The van der Waals surface area contributed by atoms with Crippen LogP contribution in [-0.2, 0) is 0 Å². The van der Waals surface area contributed by atoms with Crippen molar-refractivity contribution in [2.24, 2.45) is 5.41 Å². The van der Waals surface area contributed by atoms with E-state index in [1.165, 1.54) is 96.3 Å². The molecule has 0 rings (SSSR count). The van der Waals surface area contributed by atoms with E-state index in [0.29, 0.717) is 5.41 Å². The van der Waals surface area contributed by atoms with Gasteiger partial charge in [-0.2, -0.15) is 0 Å². The number of rotatable bonds is 15. The van der Waals surface area contributed by atoms with Crippen molar-refractivity contribution >= 4 is 0 Å². The van der Waals surface area contributed by atoms with Gasteiger partial charge in [0.25, 0.3) is 0 Å². The summed E-state index contributed by atoms with van der Waals surface area (Å²) in [6.45, 7) is 9.51. The fourth-order valence-electron chi connectivity index (χ4n) is 3.27. The van der Waals surface area contributed by atoms with E-state index in [9.17, 15) is 0 Å². The van der Waals surface area contributed by atoms with Crippen LogP contribution in [0.5, 0.6) is 0 Å². The molecule has 0 atom stereocenters. The second-order valence-electron chi connectivity index (χ2n) is 7.24. The highest BCUT2D eigenvalue weighted by molar-refractivity contribution is 4.74. The molecule has 0 spiro atoms. The van der Waals surface area contributed by atoms with Gasteiger partial charge in [-0.1, -0.05) is 105 Å². The van der Waals surface area contributed by atoms with Crippen LogP contribution in [0.1, 0.15) is 124 Å². The lowest BCUT2D eigenvalue weighted by Gasteiger charge is -2.30. The third-order valence-corrected chi connectivity index (χ3v) is 4.90. The Labute approximate surface area is 130 Å². The van der Waals surface area contributed by atoms with Crippen LogP contribution in [0.15, 0.2) is 0 Å². The molecule has 0 nitrogen and oxygen atoms in total. The van der Waals surface area contributed by atoms with Crippen molar-refractivity contribution in [3.05, 3.63) is 0 Å². The predicted molar refractivity (Wildman–Crippen MR) is 94.4 cm³/mol. The fourth-order valence-corrected chi connectivity index (χ4v) is 3.27. The summed E-state index contributed by atoms with van der Waals surface area (Å²) >= 11 is 0. The summed E-state index contributed by atoms with van der Waals surface area (Å²) in [6.07, 6.45) is 21.6. The van der Waals surface area contributed by atoms with E-state index in [4.69, 9.17) is 0 Å². The van der Waals surface area contributed by atoms with Crippen LogP contribution in [-0.4, -0.2) is 0 Å². The van der Waals surface area contributed by atoms with Gasteiger partial charge in [0.05, 0.1) is 0 Å². The monoisotopic (exact) mass is 282 g/mol. The molecule has 0 bridgehead atoms. The molecule has 0 aliphatic carbocycles. The van der Waals surface area contributed by atoms with E-state index in [0.717, 1.165) is 0 Å². The molecule has 20 heavy (non-hydrogen) atoms. The minimum atomic E-state index is 0.647. The molecular formula is C20H42. The van der Waals surface area contributed by atoms with Gasteiger partial charge in [-0.3, -0.25) is 0 Å². The summed E-state index contributed by atoms with van der Waals surface area (Å²) in [4.78, 5) is 0. The van der Waals surface area contributed by atoms with Crippen molar-refractivity contribution in [1.29, 1.82) is 0 Å². The lowest BCUT2D eigenvalue weighted by Crippen LogP contribution is -2.16. The highest BCUT2D eigenvalue weighted by atomic mass is 14.3. The summed E-state index contributed by atoms with van der Waals surface area (Å²) in [5.41, 5.74) is 0.647. The summed E-state index contributed by atoms with van der Waals surface area (Å²) in [5.74, 6) is 0. The first-order chi connectivity index (χ1) is 9.68. The standard InChI is InChI=1S/C20H42/c1-5-8-11-12-13-14-15-16-19-20(4,17-9-6-2)18-10-7-3/h5-19H2,1-4H3. The molecule has 0 radical (unpaired) electrons. The first-order valence-electron chi connectivity index (χ1n) is 9.68. The van der Waals surface area contributed by atoms with Crippen LogP contribution in [0.4, 0.5) is 0 Å². The zero-order valence-corrected chi connectivity index (χ0v) is 15.1. The lowest BCUT2D eigenvalue weighted by molar-refractivity contribution is 0.226. The van der Waals surface area contributed by atoms with Crippen LogP contribution in [0.3, 0.4) is 0 Å². The molecule has 0 N–H and O–H groups in total. The molecule has 0 saturated heterocycles. The third-order valence-electron chi connectivity index (χ3n) is 4.90. The largest absolute Gasteiger partial charge is 0.0654 e. The van der Waals surface area contributed by atoms with Crippen molar-refractivity contribution in [3.8, 4) is 0 Å². The topological polar surface area (TPSA) is 0 Å². The second-order valence-corrected chi connectivity index (χ2v) is 7.24. The summed E-state index contributed by atoms with van der Waals surface area (Å²) < 4.78 is 0. The third kappa shape index (κ3) is 11.8. The van der Waals surface area contributed by atoms with E-state index >= 15 is 0 Å². The number of hydrogen-bond donors (Lipinski definition) is 0. The van der Waals surface area contributed by atoms with E-state index in [1.54, 1.807) is 0 Å². The predicted octanol–water partition coefficient (Wildman–Crippen LogP) is 7.90. The molecule has 0 unspecified atom stereocenters. The second kappa shape index (κ2) is 14.0. The van der Waals surface area contributed by atoms with Gasteiger partial charge in [0, 0.05) is 0 Å². The maximum absolute atomic E-state index is 2.56. The summed E-state index contributed by atoms with van der Waals surface area (Å²) in [7, 11) is 0. The highest BCUT2D eigenvalue weighted by Gasteiger charge is 2.22. The average molecular weight is 283 g/mol. The smallest absolute Gasteiger partial charge is 0.0326 e. The van der Waals surface area contributed by atoms with Crippen LogP contribution in [0.2, 0.25) is 0 Å². The van der Waals surface area contributed by atoms with Crippen molar-refractivity contribution in [1.82, 2.24) is 0 Å². The van der Waals surface area contributed by atoms with Crippen LogP contribution in [0.25, 0.3) is 0 Å². The Morgan fingerprint density at radius 2 is 0.800 bits per heavy atom. The molecule has 122 valence electrons. The molecule has 0 aromatic rings. The van der Waals surface area contributed by atoms with E-state index in [-0.39, 0.29) is 0 Å². The lowest BCUT2D eigenvalue weighted by atomic mass is 9.76. The van der Waals surface area contributed by atoms with Gasteiger partial charge in [0.1, 0.15) is 0 Å². The molecule has 0 aliphatic rings. The van der Waals surface area contributed by atoms with E-state index in [1.807, 2.05) is 0 Å². The zero-order valence-electron chi connectivity index (χ0n) is 15.1. The molecule has 0 fully saturated rings. The Balaban J connectivity index is 3.67. The normalized spacial score (nSPS) is 12.0. The maximum atomic E-state index is 2.56. The van der Waals surface area contributed by atoms with Gasteiger partial charge in [0.2, 0.25) is 0 Å². The molecule has 0 aliphatic heterocycles. The minimum Gasteiger partial charge on any atom is -0.0654 e. The number of hydrogen-bond acceptors (Lipinski definition) is 0. The molecule has 0 heteroatoms. The fraction of sp³-hybridized carbons (Fsp3) is 1.00. The average Bonchev–Trinajstić information content (AvgIpc) is 2.46. The van der Waals surface area contributed by atoms with Gasteiger partial charge in [0.15, 0.2) is 0 Å². The van der Waals surface area contributed by atoms with Gasteiger partial charge < -0.3 is 0 Å². The van der Waals surface area contributed by atoms with Crippen molar-refractivity contribution in [3.63, 3.8) is 0 Å². The van der Waals surface area contributed by atoms with Crippen LogP contribution >= 0.6 is 0 Å². The highest BCUT2D eigenvalue weighted by Crippen LogP contribution is 2.36. The molecular weight excluding hydrogens is 240 g/mol. The Bertz CT molecular complexity index is 174. The Kier molecular flexibility index (Phi) is 14.0. The van der Waals surface area contributed by atoms with Gasteiger partial charge >= 0.3 is 0 Å². The van der Waals surface area contributed by atoms with Gasteiger partial charge in [-0.15, -0.1) is 0 Å².